The Balaban J connectivity index is 1.40. The van der Waals surface area contributed by atoms with Crippen LogP contribution in [0.2, 0.25) is 0 Å². The smallest absolute Gasteiger partial charge is 0.193 e. The van der Waals surface area contributed by atoms with Gasteiger partial charge in [-0.1, -0.05) is 12.1 Å². The van der Waals surface area contributed by atoms with E-state index in [-0.39, 0.29) is 5.82 Å². The first kappa shape index (κ1) is 19.9. The number of ether oxygens (including phenoxy) is 1. The van der Waals surface area contributed by atoms with E-state index in [0.29, 0.717) is 11.7 Å². The van der Waals surface area contributed by atoms with Crippen molar-refractivity contribution in [1.29, 1.82) is 0 Å². The van der Waals surface area contributed by atoms with Crippen LogP contribution in [0.3, 0.4) is 0 Å². The number of likely N-dealkylation sites (tertiary alicyclic amines) is 1. The van der Waals surface area contributed by atoms with Crippen LogP contribution in [0.1, 0.15) is 12.8 Å². The van der Waals surface area contributed by atoms with Crippen LogP contribution >= 0.6 is 0 Å². The van der Waals surface area contributed by atoms with E-state index in [1.54, 1.807) is 6.07 Å². The van der Waals surface area contributed by atoms with Crippen LogP contribution in [0.4, 0.5) is 10.1 Å². The van der Waals surface area contributed by atoms with Gasteiger partial charge in [0, 0.05) is 59.4 Å². The van der Waals surface area contributed by atoms with E-state index in [4.69, 9.17) is 4.74 Å². The van der Waals surface area contributed by atoms with E-state index in [1.165, 1.54) is 12.5 Å². The van der Waals surface area contributed by atoms with Gasteiger partial charge in [0.1, 0.15) is 5.82 Å². The lowest BCUT2D eigenvalue weighted by atomic mass is 10.2. The van der Waals surface area contributed by atoms with Gasteiger partial charge in [-0.25, -0.2) is 4.39 Å². The van der Waals surface area contributed by atoms with Gasteiger partial charge in [-0.05, 0) is 25.0 Å². The van der Waals surface area contributed by atoms with Gasteiger partial charge in [0.2, 0.25) is 0 Å². The second-order valence-electron chi connectivity index (χ2n) is 7.24. The zero-order valence-electron chi connectivity index (χ0n) is 16.5. The van der Waals surface area contributed by atoms with Crippen LogP contribution in [-0.2, 0) is 4.74 Å². The van der Waals surface area contributed by atoms with E-state index in [1.807, 2.05) is 31.1 Å². The first-order valence-corrected chi connectivity index (χ1v) is 9.92. The lowest BCUT2D eigenvalue weighted by Crippen LogP contribution is -2.47. The Morgan fingerprint density at radius 2 is 2.07 bits per heavy atom. The molecule has 0 spiro atoms. The second-order valence-corrected chi connectivity index (χ2v) is 7.24. The predicted octanol–water partition coefficient (Wildman–Crippen LogP) is 1.63. The Kier molecular flexibility index (Phi) is 7.29. The predicted molar refractivity (Wildman–Crippen MR) is 108 cm³/mol. The zero-order chi connectivity index (χ0) is 19.1. The third-order valence-corrected chi connectivity index (χ3v) is 5.45. The summed E-state index contributed by atoms with van der Waals surface area (Å²) in [7, 11) is 3.77. The molecule has 0 saturated carbocycles. The number of nitrogens with zero attached hydrogens (tertiary/aromatic N) is 4. The van der Waals surface area contributed by atoms with Crippen LogP contribution in [0, 0.1) is 5.82 Å². The van der Waals surface area contributed by atoms with Gasteiger partial charge in [0.15, 0.2) is 5.96 Å². The summed E-state index contributed by atoms with van der Waals surface area (Å²) in [4.78, 5) is 11.3. The number of rotatable bonds is 6. The van der Waals surface area contributed by atoms with Crippen molar-refractivity contribution in [2.75, 3.05) is 71.5 Å². The van der Waals surface area contributed by atoms with Crippen molar-refractivity contribution in [2.24, 2.45) is 4.99 Å². The topological polar surface area (TPSA) is 43.3 Å². The lowest BCUT2D eigenvalue weighted by molar-refractivity contribution is 0.0195. The largest absolute Gasteiger partial charge is 0.379 e. The minimum absolute atomic E-state index is 0.171. The molecular weight excluding hydrogens is 345 g/mol. The van der Waals surface area contributed by atoms with Gasteiger partial charge in [0.25, 0.3) is 0 Å². The Morgan fingerprint density at radius 3 is 2.81 bits per heavy atom. The molecule has 27 heavy (non-hydrogen) atoms. The summed E-state index contributed by atoms with van der Waals surface area (Å²) in [5, 5.41) is 3.47. The molecule has 2 aliphatic heterocycles. The number of anilines is 1. The highest BCUT2D eigenvalue weighted by atomic mass is 19.1. The monoisotopic (exact) mass is 377 g/mol. The van der Waals surface area contributed by atoms with E-state index in [2.05, 4.69) is 20.1 Å². The highest BCUT2D eigenvalue weighted by Gasteiger charge is 2.30. The van der Waals surface area contributed by atoms with Crippen molar-refractivity contribution >= 4 is 11.6 Å². The van der Waals surface area contributed by atoms with Gasteiger partial charge < -0.3 is 19.9 Å². The van der Waals surface area contributed by atoms with Crippen LogP contribution in [0.5, 0.6) is 0 Å². The lowest BCUT2D eigenvalue weighted by Gasteiger charge is -2.32. The molecule has 1 unspecified atom stereocenters. The van der Waals surface area contributed by atoms with Crippen molar-refractivity contribution in [3.05, 3.63) is 30.1 Å². The first-order valence-electron chi connectivity index (χ1n) is 9.92. The molecule has 0 bridgehead atoms. The normalized spacial score (nSPS) is 21.5. The van der Waals surface area contributed by atoms with Crippen molar-refractivity contribution in [1.82, 2.24) is 15.1 Å². The number of guanidine groups is 1. The molecule has 1 N–H and O–H groups in total. The van der Waals surface area contributed by atoms with Crippen molar-refractivity contribution < 1.29 is 9.13 Å². The molecule has 0 aliphatic carbocycles. The van der Waals surface area contributed by atoms with Gasteiger partial charge in [0.05, 0.1) is 18.9 Å². The fourth-order valence-electron chi connectivity index (χ4n) is 3.91. The number of hydrogen-bond donors (Lipinski definition) is 1. The Hall–Kier alpha value is -1.86. The molecule has 0 aromatic heterocycles. The molecule has 1 aromatic rings. The summed E-state index contributed by atoms with van der Waals surface area (Å²) in [5.41, 5.74) is 0.648. The fourth-order valence-corrected chi connectivity index (χ4v) is 3.91. The Morgan fingerprint density at radius 1 is 1.30 bits per heavy atom. The molecule has 1 aromatic carbocycles. The molecule has 6 nitrogen and oxygen atoms in total. The standard InChI is InChI=1S/C20H32FN5O/c1-22-20(26-11-8-17(16-26)25-12-14-27-15-13-25)23-9-5-10-24(2)19-7-4-3-6-18(19)21/h3-4,6-7,17H,5,8-16H2,1-2H3,(H,22,23). The van der Waals surface area contributed by atoms with E-state index >= 15 is 0 Å². The Labute approximate surface area is 162 Å². The Bertz CT molecular complexity index is 620. The number of hydrogen-bond acceptors (Lipinski definition) is 4. The van der Waals surface area contributed by atoms with Crippen molar-refractivity contribution in [2.45, 2.75) is 18.9 Å². The van der Waals surface area contributed by atoms with Crippen LogP contribution in [0.15, 0.2) is 29.3 Å². The fraction of sp³-hybridized carbons (Fsp3) is 0.650. The summed E-state index contributed by atoms with van der Waals surface area (Å²) in [6, 6.07) is 7.51. The number of benzene rings is 1. The van der Waals surface area contributed by atoms with E-state index in [0.717, 1.165) is 64.9 Å². The summed E-state index contributed by atoms with van der Waals surface area (Å²) >= 11 is 0. The molecule has 3 rings (SSSR count). The third-order valence-electron chi connectivity index (χ3n) is 5.45. The number of morpholine rings is 1. The molecule has 2 aliphatic rings. The van der Waals surface area contributed by atoms with Crippen LogP contribution < -0.4 is 10.2 Å². The average Bonchev–Trinajstić information content (AvgIpc) is 3.19. The molecular formula is C20H32FN5O. The highest BCUT2D eigenvalue weighted by molar-refractivity contribution is 5.80. The summed E-state index contributed by atoms with van der Waals surface area (Å²) in [6.07, 6.45) is 2.10. The molecule has 7 heteroatoms. The molecule has 0 radical (unpaired) electrons. The van der Waals surface area contributed by atoms with Gasteiger partial charge in [-0.3, -0.25) is 9.89 Å². The highest BCUT2D eigenvalue weighted by Crippen LogP contribution is 2.18. The molecule has 150 valence electrons. The number of halogens is 1. The second kappa shape index (κ2) is 9.90. The average molecular weight is 378 g/mol. The first-order chi connectivity index (χ1) is 13.2. The van der Waals surface area contributed by atoms with E-state index < -0.39 is 0 Å². The van der Waals surface area contributed by atoms with E-state index in [9.17, 15) is 4.39 Å². The molecule has 0 amide bonds. The van der Waals surface area contributed by atoms with Crippen LogP contribution in [-0.4, -0.2) is 88.4 Å². The maximum Gasteiger partial charge on any atom is 0.193 e. The quantitative estimate of drug-likeness (QED) is 0.464. The zero-order valence-corrected chi connectivity index (χ0v) is 16.5. The number of para-hydroxylation sites is 1. The molecule has 2 saturated heterocycles. The summed E-state index contributed by atoms with van der Waals surface area (Å²) < 4.78 is 19.3. The van der Waals surface area contributed by atoms with Gasteiger partial charge in [-0.15, -0.1) is 0 Å². The molecule has 2 heterocycles. The van der Waals surface area contributed by atoms with Crippen molar-refractivity contribution in [3.63, 3.8) is 0 Å². The van der Waals surface area contributed by atoms with Gasteiger partial charge >= 0.3 is 0 Å². The minimum atomic E-state index is -0.171. The van der Waals surface area contributed by atoms with Crippen LogP contribution in [0.25, 0.3) is 0 Å². The van der Waals surface area contributed by atoms with Crippen molar-refractivity contribution in [3.8, 4) is 0 Å². The summed E-state index contributed by atoms with van der Waals surface area (Å²) in [6.45, 7) is 7.44. The molecule has 1 atom stereocenters. The third kappa shape index (κ3) is 5.32. The number of aliphatic imine (C=N–C) groups is 1. The summed E-state index contributed by atoms with van der Waals surface area (Å²) in [5.74, 6) is 0.800. The van der Waals surface area contributed by atoms with Gasteiger partial charge in [-0.2, -0.15) is 0 Å². The minimum Gasteiger partial charge on any atom is -0.379 e. The maximum atomic E-state index is 13.8. The number of nitrogens with one attached hydrogen (secondary N) is 1. The molecule has 2 fully saturated rings. The maximum absolute atomic E-state index is 13.8. The SMILES string of the molecule is CN=C(NCCCN(C)c1ccccc1F)N1CCC(N2CCOCC2)C1.